The lowest BCUT2D eigenvalue weighted by Gasteiger charge is -2.25. The van der Waals surface area contributed by atoms with E-state index in [0.29, 0.717) is 10.6 Å². The number of halogens is 1. The van der Waals surface area contributed by atoms with Crippen LogP contribution >= 0.6 is 11.6 Å². The maximum atomic E-state index is 11.8. The van der Waals surface area contributed by atoms with Gasteiger partial charge in [-0.3, -0.25) is 0 Å². The highest BCUT2D eigenvalue weighted by Gasteiger charge is 2.32. The van der Waals surface area contributed by atoms with E-state index in [2.05, 4.69) is 10.1 Å². The molecule has 0 saturated heterocycles. The van der Waals surface area contributed by atoms with Gasteiger partial charge in [0.15, 0.2) is 6.04 Å². The Morgan fingerprint density at radius 1 is 1.23 bits per heavy atom. The zero-order valence-corrected chi connectivity index (χ0v) is 13.7. The smallest absolute Gasteiger partial charge is 0.408 e. The predicted molar refractivity (Wildman–Crippen MR) is 81.6 cm³/mol. The number of aliphatic hydroxyl groups is 1. The average Bonchev–Trinajstić information content (AvgIpc) is 2.42. The fourth-order valence-corrected chi connectivity index (χ4v) is 1.81. The second kappa shape index (κ2) is 7.47. The first-order chi connectivity index (χ1) is 10.1. The normalized spacial score (nSPS) is 13.9. The van der Waals surface area contributed by atoms with Gasteiger partial charge in [0, 0.05) is 5.02 Å². The van der Waals surface area contributed by atoms with E-state index in [1.165, 1.54) is 7.11 Å². The van der Waals surface area contributed by atoms with Gasteiger partial charge in [0.05, 0.1) is 7.11 Å². The van der Waals surface area contributed by atoms with Gasteiger partial charge in [0.1, 0.15) is 11.7 Å². The number of esters is 1. The summed E-state index contributed by atoms with van der Waals surface area (Å²) in [6.07, 6.45) is -2.12. The van der Waals surface area contributed by atoms with Crippen molar-refractivity contribution in [1.82, 2.24) is 5.32 Å². The highest BCUT2D eigenvalue weighted by Crippen LogP contribution is 2.20. The van der Waals surface area contributed by atoms with Crippen LogP contribution in [-0.4, -0.2) is 35.9 Å². The SMILES string of the molecule is COC(=O)[C@@H](NC(=O)OC(C)(C)C)[C@H](O)c1ccc(Cl)cc1. The minimum atomic E-state index is -1.29. The number of ether oxygens (including phenoxy) is 2. The molecule has 0 unspecified atom stereocenters. The summed E-state index contributed by atoms with van der Waals surface area (Å²) in [7, 11) is 1.17. The lowest BCUT2D eigenvalue weighted by atomic mass is 10.0. The monoisotopic (exact) mass is 329 g/mol. The third-order valence-corrected chi connectivity index (χ3v) is 2.91. The Balaban J connectivity index is 2.90. The third kappa shape index (κ3) is 5.54. The first kappa shape index (κ1) is 18.3. The summed E-state index contributed by atoms with van der Waals surface area (Å²) >= 11 is 5.78. The molecule has 0 fully saturated rings. The molecule has 0 aromatic heterocycles. The van der Waals surface area contributed by atoms with Crippen LogP contribution in [0.2, 0.25) is 5.02 Å². The molecule has 0 saturated carbocycles. The van der Waals surface area contributed by atoms with Gasteiger partial charge in [-0.1, -0.05) is 23.7 Å². The van der Waals surface area contributed by atoms with Crippen LogP contribution in [0.4, 0.5) is 4.79 Å². The highest BCUT2D eigenvalue weighted by atomic mass is 35.5. The van der Waals surface area contributed by atoms with Crippen molar-refractivity contribution in [3.63, 3.8) is 0 Å². The molecule has 0 aliphatic rings. The summed E-state index contributed by atoms with van der Waals surface area (Å²) in [5.41, 5.74) is -0.313. The molecule has 6 nitrogen and oxygen atoms in total. The van der Waals surface area contributed by atoms with E-state index in [1.807, 2.05) is 0 Å². The van der Waals surface area contributed by atoms with E-state index in [1.54, 1.807) is 45.0 Å². The number of alkyl carbamates (subject to hydrolysis) is 1. The lowest BCUT2D eigenvalue weighted by Crippen LogP contribution is -2.47. The summed E-state index contributed by atoms with van der Waals surface area (Å²) in [6.45, 7) is 5.07. The molecule has 7 heteroatoms. The Morgan fingerprint density at radius 2 is 1.77 bits per heavy atom. The molecule has 0 aliphatic heterocycles. The quantitative estimate of drug-likeness (QED) is 0.829. The molecule has 1 amide bonds. The summed E-state index contributed by atoms with van der Waals surface area (Å²) in [5.74, 6) is -0.784. The number of hydrogen-bond acceptors (Lipinski definition) is 5. The molecule has 0 aliphatic carbocycles. The molecule has 122 valence electrons. The number of benzene rings is 1. The molecule has 2 atom stereocenters. The predicted octanol–water partition coefficient (Wildman–Crippen LogP) is 2.44. The Bertz CT molecular complexity index is 524. The number of carbonyl (C=O) groups is 2. The van der Waals surface area contributed by atoms with Crippen molar-refractivity contribution in [3.05, 3.63) is 34.9 Å². The van der Waals surface area contributed by atoms with Gasteiger partial charge < -0.3 is 19.9 Å². The molecule has 2 N–H and O–H groups in total. The molecule has 0 spiro atoms. The molecule has 1 aromatic carbocycles. The summed E-state index contributed by atoms with van der Waals surface area (Å²) in [4.78, 5) is 23.6. The van der Waals surface area contributed by atoms with Crippen LogP contribution in [-0.2, 0) is 14.3 Å². The number of hydrogen-bond donors (Lipinski definition) is 2. The van der Waals surface area contributed by atoms with Crippen LogP contribution < -0.4 is 5.32 Å². The van der Waals surface area contributed by atoms with E-state index in [-0.39, 0.29) is 0 Å². The van der Waals surface area contributed by atoms with Gasteiger partial charge in [0.25, 0.3) is 0 Å². The van der Waals surface area contributed by atoms with Crippen molar-refractivity contribution >= 4 is 23.7 Å². The number of carbonyl (C=O) groups excluding carboxylic acids is 2. The van der Waals surface area contributed by atoms with Crippen molar-refractivity contribution < 1.29 is 24.2 Å². The van der Waals surface area contributed by atoms with Crippen LogP contribution in [0.25, 0.3) is 0 Å². The van der Waals surface area contributed by atoms with Gasteiger partial charge in [-0.2, -0.15) is 0 Å². The summed E-state index contributed by atoms with van der Waals surface area (Å²) in [6, 6.07) is 4.96. The molecule has 0 radical (unpaired) electrons. The number of aliphatic hydroxyl groups excluding tert-OH is 1. The minimum Gasteiger partial charge on any atom is -0.467 e. The van der Waals surface area contributed by atoms with E-state index < -0.39 is 29.8 Å². The van der Waals surface area contributed by atoms with Gasteiger partial charge in [-0.15, -0.1) is 0 Å². The topological polar surface area (TPSA) is 84.9 Å². The number of rotatable bonds is 4. The van der Waals surface area contributed by atoms with Crippen LogP contribution in [0.15, 0.2) is 24.3 Å². The number of nitrogens with one attached hydrogen (secondary N) is 1. The summed E-state index contributed by atoms with van der Waals surface area (Å²) in [5, 5.41) is 13.1. The van der Waals surface area contributed by atoms with E-state index in [9.17, 15) is 14.7 Å². The van der Waals surface area contributed by atoms with Crippen molar-refractivity contribution in [2.45, 2.75) is 38.5 Å². The van der Waals surface area contributed by atoms with E-state index >= 15 is 0 Å². The van der Waals surface area contributed by atoms with Crippen molar-refractivity contribution in [3.8, 4) is 0 Å². The number of amides is 1. The summed E-state index contributed by atoms with van der Waals surface area (Å²) < 4.78 is 9.69. The van der Waals surface area contributed by atoms with Gasteiger partial charge in [-0.05, 0) is 38.5 Å². The van der Waals surface area contributed by atoms with Crippen LogP contribution in [0.5, 0.6) is 0 Å². The van der Waals surface area contributed by atoms with Crippen molar-refractivity contribution in [1.29, 1.82) is 0 Å². The zero-order chi connectivity index (χ0) is 16.9. The Morgan fingerprint density at radius 3 is 2.23 bits per heavy atom. The standard InChI is InChI=1S/C15H20ClNO5/c1-15(2,3)22-14(20)17-11(13(19)21-4)12(18)9-5-7-10(16)8-6-9/h5-8,11-12,18H,1-4H3,(H,17,20)/t11-,12+/m0/s1. The molecule has 1 aromatic rings. The molecule has 22 heavy (non-hydrogen) atoms. The van der Waals surface area contributed by atoms with E-state index in [0.717, 1.165) is 0 Å². The fraction of sp³-hybridized carbons (Fsp3) is 0.467. The first-order valence-corrected chi connectivity index (χ1v) is 7.02. The van der Waals surface area contributed by atoms with Crippen molar-refractivity contribution in [2.75, 3.05) is 7.11 Å². The zero-order valence-electron chi connectivity index (χ0n) is 12.9. The van der Waals surface area contributed by atoms with Gasteiger partial charge in [-0.25, -0.2) is 9.59 Å². The van der Waals surface area contributed by atoms with Crippen molar-refractivity contribution in [2.24, 2.45) is 0 Å². The maximum absolute atomic E-state index is 11.8. The third-order valence-electron chi connectivity index (χ3n) is 2.65. The average molecular weight is 330 g/mol. The van der Waals surface area contributed by atoms with Crippen LogP contribution in [0.3, 0.4) is 0 Å². The van der Waals surface area contributed by atoms with Gasteiger partial charge >= 0.3 is 12.1 Å². The number of methoxy groups -OCH3 is 1. The fourth-order valence-electron chi connectivity index (χ4n) is 1.68. The largest absolute Gasteiger partial charge is 0.467 e. The Hall–Kier alpha value is -1.79. The second-order valence-electron chi connectivity index (χ2n) is 5.64. The van der Waals surface area contributed by atoms with Gasteiger partial charge in [0.2, 0.25) is 0 Å². The highest BCUT2D eigenvalue weighted by molar-refractivity contribution is 6.30. The minimum absolute atomic E-state index is 0.413. The van der Waals surface area contributed by atoms with Crippen LogP contribution in [0.1, 0.15) is 32.4 Å². The first-order valence-electron chi connectivity index (χ1n) is 6.65. The molecule has 0 heterocycles. The van der Waals surface area contributed by atoms with Crippen LogP contribution in [0, 0.1) is 0 Å². The molecule has 1 rings (SSSR count). The molecular weight excluding hydrogens is 310 g/mol. The molecule has 0 bridgehead atoms. The second-order valence-corrected chi connectivity index (χ2v) is 6.08. The Kier molecular flexibility index (Phi) is 6.20. The molecular formula is C15H20ClNO5. The Labute approximate surface area is 134 Å². The van der Waals surface area contributed by atoms with E-state index in [4.69, 9.17) is 16.3 Å². The maximum Gasteiger partial charge on any atom is 0.408 e. The lowest BCUT2D eigenvalue weighted by molar-refractivity contribution is -0.146.